The zero-order chi connectivity index (χ0) is 13.9. The van der Waals surface area contributed by atoms with Crippen molar-refractivity contribution >= 4 is 10.0 Å². The van der Waals surface area contributed by atoms with Gasteiger partial charge in [0.2, 0.25) is 10.0 Å². The average molecular weight is 284 g/mol. The fraction of sp³-hybridized carbons (Fsp3) is 0.538. The Labute approximate surface area is 114 Å². The Morgan fingerprint density at radius 1 is 1.47 bits per heavy atom. The highest BCUT2D eigenvalue weighted by Gasteiger charge is 2.21. The Kier molecular flexibility index (Phi) is 4.57. The van der Waals surface area contributed by atoms with Crippen LogP contribution in [0.15, 0.2) is 23.1 Å². The van der Waals surface area contributed by atoms with Gasteiger partial charge in [0, 0.05) is 19.7 Å². The van der Waals surface area contributed by atoms with E-state index < -0.39 is 10.0 Å². The average Bonchev–Trinajstić information content (AvgIpc) is 2.90. The van der Waals surface area contributed by atoms with E-state index in [4.69, 9.17) is 10.5 Å². The summed E-state index contributed by atoms with van der Waals surface area (Å²) >= 11 is 0. The van der Waals surface area contributed by atoms with E-state index in [1.165, 1.54) is 0 Å². The van der Waals surface area contributed by atoms with Crippen LogP contribution in [0.3, 0.4) is 0 Å². The van der Waals surface area contributed by atoms with Crippen LogP contribution in [-0.4, -0.2) is 27.7 Å². The number of rotatable bonds is 5. The van der Waals surface area contributed by atoms with E-state index in [1.54, 1.807) is 19.1 Å². The van der Waals surface area contributed by atoms with E-state index in [0.29, 0.717) is 24.6 Å². The highest BCUT2D eigenvalue weighted by Crippen LogP contribution is 2.18. The van der Waals surface area contributed by atoms with Crippen molar-refractivity contribution in [3.8, 4) is 0 Å². The van der Waals surface area contributed by atoms with Gasteiger partial charge in [-0.25, -0.2) is 13.1 Å². The van der Waals surface area contributed by atoms with Crippen LogP contribution in [0.2, 0.25) is 0 Å². The fourth-order valence-electron chi connectivity index (χ4n) is 2.15. The van der Waals surface area contributed by atoms with Crippen molar-refractivity contribution in [3.05, 3.63) is 29.3 Å². The van der Waals surface area contributed by atoms with Crippen LogP contribution in [0.1, 0.15) is 24.0 Å². The Balaban J connectivity index is 2.13. The molecule has 106 valence electrons. The number of aryl methyl sites for hydroxylation is 1. The van der Waals surface area contributed by atoms with Gasteiger partial charge in [0.15, 0.2) is 0 Å². The maximum atomic E-state index is 12.3. The zero-order valence-corrected chi connectivity index (χ0v) is 11.9. The topological polar surface area (TPSA) is 81.4 Å². The third-order valence-electron chi connectivity index (χ3n) is 3.30. The van der Waals surface area contributed by atoms with Crippen LogP contribution in [0.4, 0.5) is 0 Å². The van der Waals surface area contributed by atoms with Gasteiger partial charge < -0.3 is 10.5 Å². The second-order valence-electron chi connectivity index (χ2n) is 4.79. The second kappa shape index (κ2) is 6.00. The minimum Gasteiger partial charge on any atom is -0.377 e. The summed E-state index contributed by atoms with van der Waals surface area (Å²) in [6.45, 7) is 3.15. The van der Waals surface area contributed by atoms with Crippen LogP contribution >= 0.6 is 0 Å². The summed E-state index contributed by atoms with van der Waals surface area (Å²) in [7, 11) is -3.50. The molecule has 1 aliphatic heterocycles. The first-order chi connectivity index (χ1) is 9.03. The molecule has 0 radical (unpaired) electrons. The molecule has 3 N–H and O–H groups in total. The Morgan fingerprint density at radius 3 is 2.89 bits per heavy atom. The molecule has 0 spiro atoms. The molecule has 1 unspecified atom stereocenters. The highest BCUT2D eigenvalue weighted by molar-refractivity contribution is 7.89. The van der Waals surface area contributed by atoms with Gasteiger partial charge in [-0.2, -0.15) is 0 Å². The molecular weight excluding hydrogens is 264 g/mol. The highest BCUT2D eigenvalue weighted by atomic mass is 32.2. The molecule has 1 saturated heterocycles. The summed E-state index contributed by atoms with van der Waals surface area (Å²) in [4.78, 5) is 0.299. The summed E-state index contributed by atoms with van der Waals surface area (Å²) in [5, 5.41) is 0. The predicted molar refractivity (Wildman–Crippen MR) is 73.2 cm³/mol. The molecule has 2 rings (SSSR count). The molecule has 0 aromatic heterocycles. The molecule has 0 amide bonds. The van der Waals surface area contributed by atoms with Gasteiger partial charge in [0.25, 0.3) is 0 Å². The molecule has 6 heteroatoms. The van der Waals surface area contributed by atoms with Gasteiger partial charge in [-0.05, 0) is 37.0 Å². The molecule has 0 saturated carbocycles. The second-order valence-corrected chi connectivity index (χ2v) is 6.53. The predicted octanol–water partition coefficient (Wildman–Crippen LogP) is 0.911. The monoisotopic (exact) mass is 284 g/mol. The van der Waals surface area contributed by atoms with Gasteiger partial charge in [-0.15, -0.1) is 0 Å². The Bertz CT molecular complexity index is 537. The largest absolute Gasteiger partial charge is 0.377 e. The molecular formula is C13H20N2O3S. The summed E-state index contributed by atoms with van der Waals surface area (Å²) in [5.41, 5.74) is 7.08. The normalized spacial score (nSPS) is 19.8. The fourth-order valence-corrected chi connectivity index (χ4v) is 3.51. The first-order valence-electron chi connectivity index (χ1n) is 6.44. The summed E-state index contributed by atoms with van der Waals surface area (Å²) in [6.07, 6.45) is 1.89. The van der Waals surface area contributed by atoms with Crippen molar-refractivity contribution in [2.75, 3.05) is 13.2 Å². The van der Waals surface area contributed by atoms with Gasteiger partial charge in [0.05, 0.1) is 11.0 Å². The van der Waals surface area contributed by atoms with E-state index in [9.17, 15) is 8.42 Å². The van der Waals surface area contributed by atoms with E-state index in [-0.39, 0.29) is 6.10 Å². The van der Waals surface area contributed by atoms with Crippen molar-refractivity contribution in [1.29, 1.82) is 0 Å². The van der Waals surface area contributed by atoms with Gasteiger partial charge >= 0.3 is 0 Å². The third-order valence-corrected chi connectivity index (χ3v) is 4.87. The van der Waals surface area contributed by atoms with E-state index in [0.717, 1.165) is 24.0 Å². The minimum atomic E-state index is -3.50. The lowest BCUT2D eigenvalue weighted by Crippen LogP contribution is -2.32. The first-order valence-corrected chi connectivity index (χ1v) is 7.92. The third kappa shape index (κ3) is 3.54. The number of nitrogens with two attached hydrogens (primary N) is 1. The maximum Gasteiger partial charge on any atom is 0.240 e. The van der Waals surface area contributed by atoms with Gasteiger partial charge in [0.1, 0.15) is 0 Å². The lowest BCUT2D eigenvalue weighted by molar-refractivity contribution is 0.114. The van der Waals surface area contributed by atoms with E-state index in [2.05, 4.69) is 4.72 Å². The number of benzene rings is 1. The molecule has 0 aliphatic carbocycles. The summed E-state index contributed by atoms with van der Waals surface area (Å²) in [6, 6.07) is 5.25. The van der Waals surface area contributed by atoms with Crippen LogP contribution in [-0.2, 0) is 21.3 Å². The van der Waals surface area contributed by atoms with Crippen LogP contribution < -0.4 is 10.5 Å². The van der Waals surface area contributed by atoms with Crippen molar-refractivity contribution in [2.45, 2.75) is 37.3 Å². The van der Waals surface area contributed by atoms with Gasteiger partial charge in [-0.1, -0.05) is 12.1 Å². The molecule has 1 heterocycles. The molecule has 5 nitrogen and oxygen atoms in total. The summed E-state index contributed by atoms with van der Waals surface area (Å²) < 4.78 is 32.6. The van der Waals surface area contributed by atoms with Crippen molar-refractivity contribution in [2.24, 2.45) is 5.73 Å². The van der Waals surface area contributed by atoms with Crippen molar-refractivity contribution in [1.82, 2.24) is 4.72 Å². The summed E-state index contributed by atoms with van der Waals surface area (Å²) in [5.74, 6) is 0. The van der Waals surface area contributed by atoms with Crippen LogP contribution in [0, 0.1) is 6.92 Å². The zero-order valence-electron chi connectivity index (χ0n) is 11.1. The Morgan fingerprint density at radius 2 is 2.26 bits per heavy atom. The standard InChI is InChI=1S/C13H20N2O3S/c1-10-4-5-11(8-14)7-13(10)19(16,17)15-9-12-3-2-6-18-12/h4-5,7,12,15H,2-3,6,8-9,14H2,1H3. The molecule has 19 heavy (non-hydrogen) atoms. The molecule has 1 aromatic carbocycles. The van der Waals surface area contributed by atoms with Crippen molar-refractivity contribution in [3.63, 3.8) is 0 Å². The van der Waals surface area contributed by atoms with Gasteiger partial charge in [-0.3, -0.25) is 0 Å². The smallest absolute Gasteiger partial charge is 0.240 e. The molecule has 1 aliphatic rings. The molecule has 0 bridgehead atoms. The van der Waals surface area contributed by atoms with E-state index >= 15 is 0 Å². The molecule has 1 atom stereocenters. The lowest BCUT2D eigenvalue weighted by atomic mass is 10.1. The molecule has 1 fully saturated rings. The number of nitrogens with one attached hydrogen (secondary N) is 1. The quantitative estimate of drug-likeness (QED) is 0.842. The SMILES string of the molecule is Cc1ccc(CN)cc1S(=O)(=O)NCC1CCCO1. The number of hydrogen-bond acceptors (Lipinski definition) is 4. The van der Waals surface area contributed by atoms with Crippen LogP contribution in [0.5, 0.6) is 0 Å². The number of sulfonamides is 1. The first kappa shape index (κ1) is 14.5. The number of ether oxygens (including phenoxy) is 1. The number of hydrogen-bond donors (Lipinski definition) is 2. The molecule has 1 aromatic rings. The lowest BCUT2D eigenvalue weighted by Gasteiger charge is -2.13. The Hall–Kier alpha value is -0.950. The van der Waals surface area contributed by atoms with E-state index in [1.807, 2.05) is 6.07 Å². The maximum absolute atomic E-state index is 12.3. The minimum absolute atomic E-state index is 0.00669. The van der Waals surface area contributed by atoms with Crippen LogP contribution in [0.25, 0.3) is 0 Å². The van der Waals surface area contributed by atoms with Crippen molar-refractivity contribution < 1.29 is 13.2 Å².